The van der Waals surface area contributed by atoms with E-state index >= 15 is 0 Å². The van der Waals surface area contributed by atoms with Crippen LogP contribution in [-0.2, 0) is 6.42 Å². The monoisotopic (exact) mass is 245 g/mol. The van der Waals surface area contributed by atoms with Crippen LogP contribution in [0.1, 0.15) is 18.9 Å². The van der Waals surface area contributed by atoms with Crippen LogP contribution in [0.25, 0.3) is 0 Å². The van der Waals surface area contributed by atoms with Crippen molar-refractivity contribution in [3.63, 3.8) is 0 Å². The first-order chi connectivity index (χ1) is 6.09. The molecule has 0 amide bonds. The molecule has 1 aromatic carbocycles. The second kappa shape index (κ2) is 4.72. The minimum atomic E-state index is -0.212. The van der Waals surface area contributed by atoms with E-state index in [0.29, 0.717) is 0 Å². The molecule has 0 aliphatic heterocycles. The summed E-state index contributed by atoms with van der Waals surface area (Å²) in [6.45, 7) is 1.97. The standard InChI is InChI=1S/C10H13BrFN/c1-7(13)2-3-8-4-5-9(12)6-10(8)11/h4-7H,2-3,13H2,1H3. The zero-order valence-electron chi connectivity index (χ0n) is 7.56. The third-order valence-electron chi connectivity index (χ3n) is 1.88. The Balaban J connectivity index is 2.67. The van der Waals surface area contributed by atoms with Crippen molar-refractivity contribution in [2.45, 2.75) is 25.8 Å². The molecule has 0 aliphatic rings. The Hall–Kier alpha value is -0.410. The topological polar surface area (TPSA) is 26.0 Å². The van der Waals surface area contributed by atoms with Gasteiger partial charge < -0.3 is 5.73 Å². The van der Waals surface area contributed by atoms with Gasteiger partial charge in [-0.15, -0.1) is 0 Å². The Morgan fingerprint density at radius 1 is 1.54 bits per heavy atom. The highest BCUT2D eigenvalue weighted by Gasteiger charge is 2.02. The van der Waals surface area contributed by atoms with Crippen molar-refractivity contribution in [1.29, 1.82) is 0 Å². The van der Waals surface area contributed by atoms with Gasteiger partial charge in [0.25, 0.3) is 0 Å². The highest BCUT2D eigenvalue weighted by atomic mass is 79.9. The van der Waals surface area contributed by atoms with E-state index in [1.165, 1.54) is 12.1 Å². The summed E-state index contributed by atoms with van der Waals surface area (Å²) in [6, 6.07) is 4.94. The van der Waals surface area contributed by atoms with Gasteiger partial charge in [-0.1, -0.05) is 22.0 Å². The average molecular weight is 246 g/mol. The normalized spacial score (nSPS) is 12.9. The Morgan fingerprint density at radius 3 is 2.77 bits per heavy atom. The van der Waals surface area contributed by atoms with Crippen LogP contribution in [0.5, 0.6) is 0 Å². The minimum absolute atomic E-state index is 0.192. The predicted molar refractivity (Wildman–Crippen MR) is 56.1 cm³/mol. The Morgan fingerprint density at radius 2 is 2.23 bits per heavy atom. The molecule has 13 heavy (non-hydrogen) atoms. The second-order valence-corrected chi connectivity index (χ2v) is 4.11. The first kappa shape index (κ1) is 10.7. The van der Waals surface area contributed by atoms with Crippen LogP contribution < -0.4 is 5.73 Å². The zero-order valence-corrected chi connectivity index (χ0v) is 9.14. The Bertz CT molecular complexity index is 286. The first-order valence-corrected chi connectivity index (χ1v) is 5.08. The van der Waals surface area contributed by atoms with Crippen LogP contribution in [0.15, 0.2) is 22.7 Å². The molecule has 0 aromatic heterocycles. The summed E-state index contributed by atoms with van der Waals surface area (Å²) < 4.78 is 13.5. The molecule has 1 atom stereocenters. The lowest BCUT2D eigenvalue weighted by Gasteiger charge is -2.06. The lowest BCUT2D eigenvalue weighted by molar-refractivity contribution is 0.623. The molecule has 3 heteroatoms. The fourth-order valence-electron chi connectivity index (χ4n) is 1.11. The SMILES string of the molecule is CC(N)CCc1ccc(F)cc1Br. The lowest BCUT2D eigenvalue weighted by atomic mass is 10.1. The van der Waals surface area contributed by atoms with E-state index in [9.17, 15) is 4.39 Å². The van der Waals surface area contributed by atoms with Crippen LogP contribution in [0.2, 0.25) is 0 Å². The summed E-state index contributed by atoms with van der Waals surface area (Å²) in [6.07, 6.45) is 1.81. The molecular weight excluding hydrogens is 233 g/mol. The van der Waals surface area contributed by atoms with Crippen molar-refractivity contribution in [2.75, 3.05) is 0 Å². The van der Waals surface area contributed by atoms with E-state index in [4.69, 9.17) is 5.73 Å². The third kappa shape index (κ3) is 3.44. The summed E-state index contributed by atoms with van der Waals surface area (Å²) in [5.74, 6) is -0.212. The molecule has 1 nitrogen and oxygen atoms in total. The molecule has 0 bridgehead atoms. The lowest BCUT2D eigenvalue weighted by Crippen LogP contribution is -2.15. The van der Waals surface area contributed by atoms with E-state index < -0.39 is 0 Å². The molecule has 0 saturated heterocycles. The van der Waals surface area contributed by atoms with E-state index in [2.05, 4.69) is 15.9 Å². The number of rotatable bonds is 3. The van der Waals surface area contributed by atoms with Gasteiger partial charge in [0.2, 0.25) is 0 Å². The minimum Gasteiger partial charge on any atom is -0.328 e. The van der Waals surface area contributed by atoms with E-state index in [1.807, 2.05) is 6.92 Å². The third-order valence-corrected chi connectivity index (χ3v) is 2.62. The fourth-order valence-corrected chi connectivity index (χ4v) is 1.66. The summed E-state index contributed by atoms with van der Waals surface area (Å²) >= 11 is 3.32. The van der Waals surface area contributed by atoms with Crippen molar-refractivity contribution in [1.82, 2.24) is 0 Å². The highest BCUT2D eigenvalue weighted by molar-refractivity contribution is 9.10. The van der Waals surface area contributed by atoms with Crippen LogP contribution >= 0.6 is 15.9 Å². The van der Waals surface area contributed by atoms with Gasteiger partial charge in [0.1, 0.15) is 5.82 Å². The van der Waals surface area contributed by atoms with E-state index in [-0.39, 0.29) is 11.9 Å². The Kier molecular flexibility index (Phi) is 3.88. The molecule has 0 heterocycles. The molecule has 72 valence electrons. The largest absolute Gasteiger partial charge is 0.328 e. The summed E-state index contributed by atoms with van der Waals surface area (Å²) in [4.78, 5) is 0. The predicted octanol–water partition coefficient (Wildman–Crippen LogP) is 2.87. The van der Waals surface area contributed by atoms with Gasteiger partial charge in [-0.25, -0.2) is 4.39 Å². The van der Waals surface area contributed by atoms with Gasteiger partial charge in [0.15, 0.2) is 0 Å². The Labute approximate surface area is 86.3 Å². The van der Waals surface area contributed by atoms with Crippen molar-refractivity contribution >= 4 is 15.9 Å². The van der Waals surface area contributed by atoms with Crippen LogP contribution in [-0.4, -0.2) is 6.04 Å². The number of halogens is 2. The van der Waals surface area contributed by atoms with Crippen LogP contribution in [0.3, 0.4) is 0 Å². The maximum Gasteiger partial charge on any atom is 0.124 e. The molecule has 0 aliphatic carbocycles. The molecule has 2 N–H and O–H groups in total. The molecule has 0 spiro atoms. The van der Waals surface area contributed by atoms with Gasteiger partial charge in [-0.3, -0.25) is 0 Å². The fraction of sp³-hybridized carbons (Fsp3) is 0.400. The van der Waals surface area contributed by atoms with Crippen LogP contribution in [0, 0.1) is 5.82 Å². The summed E-state index contributed by atoms with van der Waals surface area (Å²) in [5, 5.41) is 0. The van der Waals surface area contributed by atoms with Gasteiger partial charge in [0.05, 0.1) is 0 Å². The van der Waals surface area contributed by atoms with E-state index in [1.54, 1.807) is 6.07 Å². The number of hydrogen-bond donors (Lipinski definition) is 1. The van der Waals surface area contributed by atoms with Crippen LogP contribution in [0.4, 0.5) is 4.39 Å². The average Bonchev–Trinajstić information content (AvgIpc) is 2.02. The molecule has 0 fully saturated rings. The van der Waals surface area contributed by atoms with Crippen molar-refractivity contribution < 1.29 is 4.39 Å². The number of aryl methyl sites for hydroxylation is 1. The molecule has 0 saturated carbocycles. The van der Waals surface area contributed by atoms with Gasteiger partial charge in [0, 0.05) is 10.5 Å². The zero-order chi connectivity index (χ0) is 9.84. The first-order valence-electron chi connectivity index (χ1n) is 4.29. The maximum absolute atomic E-state index is 12.7. The number of hydrogen-bond acceptors (Lipinski definition) is 1. The van der Waals surface area contributed by atoms with Crippen molar-refractivity contribution in [3.8, 4) is 0 Å². The summed E-state index contributed by atoms with van der Waals surface area (Å²) in [7, 11) is 0. The number of nitrogens with two attached hydrogens (primary N) is 1. The van der Waals surface area contributed by atoms with Gasteiger partial charge in [-0.2, -0.15) is 0 Å². The second-order valence-electron chi connectivity index (χ2n) is 3.25. The number of benzene rings is 1. The molecule has 0 radical (unpaired) electrons. The van der Waals surface area contributed by atoms with Crippen molar-refractivity contribution in [3.05, 3.63) is 34.1 Å². The van der Waals surface area contributed by atoms with Gasteiger partial charge in [-0.05, 0) is 37.5 Å². The summed E-state index contributed by atoms with van der Waals surface area (Å²) in [5.41, 5.74) is 6.74. The molecule has 1 unspecified atom stereocenters. The maximum atomic E-state index is 12.7. The smallest absolute Gasteiger partial charge is 0.124 e. The van der Waals surface area contributed by atoms with E-state index in [0.717, 1.165) is 22.9 Å². The molecular formula is C10H13BrFN. The highest BCUT2D eigenvalue weighted by Crippen LogP contribution is 2.19. The van der Waals surface area contributed by atoms with Crippen molar-refractivity contribution in [2.24, 2.45) is 5.73 Å². The molecule has 1 rings (SSSR count). The quantitative estimate of drug-likeness (QED) is 0.871. The molecule has 1 aromatic rings. The van der Waals surface area contributed by atoms with Gasteiger partial charge >= 0.3 is 0 Å².